The van der Waals surface area contributed by atoms with Crippen LogP contribution in [0, 0.1) is 12.7 Å². The summed E-state index contributed by atoms with van der Waals surface area (Å²) < 4.78 is 25.2. The Morgan fingerprint density at radius 1 is 1.00 bits per heavy atom. The minimum absolute atomic E-state index is 0.246. The van der Waals surface area contributed by atoms with E-state index in [0.717, 1.165) is 0 Å². The fraction of sp³-hybridized carbons (Fsp3) is 0.529. The van der Waals surface area contributed by atoms with Crippen LogP contribution in [0.2, 0.25) is 0 Å². The number of imide groups is 1. The summed E-state index contributed by atoms with van der Waals surface area (Å²) in [6.07, 6.45) is -2.03. The monoisotopic (exact) mass is 403 g/mol. The second-order valence-electron chi connectivity index (χ2n) is 7.37. The Bertz CT molecular complexity index is 596. The molecule has 0 N–H and O–H groups in total. The number of aryl methyl sites for hydroxylation is 1. The lowest BCUT2D eigenvalue weighted by molar-refractivity contribution is 0.0428. The molecule has 0 fully saturated rings. The molecule has 0 bridgehead atoms. The first-order valence-electron chi connectivity index (χ1n) is 7.43. The van der Waals surface area contributed by atoms with Crippen molar-refractivity contribution in [3.63, 3.8) is 0 Å². The number of rotatable bonds is 1. The third-order valence-corrected chi connectivity index (χ3v) is 3.14. The minimum atomic E-state index is -1.01. The van der Waals surface area contributed by atoms with Gasteiger partial charge in [0.25, 0.3) is 0 Å². The number of hydrogen-bond acceptors (Lipinski definition) is 4. The van der Waals surface area contributed by atoms with E-state index in [1.54, 1.807) is 54.5 Å². The van der Waals surface area contributed by atoms with Crippen molar-refractivity contribution in [3.8, 4) is 0 Å². The first-order valence-corrected chi connectivity index (χ1v) is 8.22. The van der Waals surface area contributed by atoms with E-state index in [9.17, 15) is 14.0 Å². The number of ether oxygens (including phenoxy) is 2. The molecule has 2 amide bonds. The highest BCUT2D eigenvalue weighted by molar-refractivity contribution is 9.10. The van der Waals surface area contributed by atoms with Gasteiger partial charge in [-0.15, -0.1) is 0 Å². The van der Waals surface area contributed by atoms with Crippen LogP contribution >= 0.6 is 15.9 Å². The van der Waals surface area contributed by atoms with Gasteiger partial charge in [-0.1, -0.05) is 0 Å². The third kappa shape index (κ3) is 5.78. The highest BCUT2D eigenvalue weighted by Gasteiger charge is 2.35. The predicted octanol–water partition coefficient (Wildman–Crippen LogP) is 5.57. The van der Waals surface area contributed by atoms with Crippen LogP contribution in [-0.4, -0.2) is 23.4 Å². The molecular formula is C17H23BrFNO4. The topological polar surface area (TPSA) is 55.8 Å². The summed E-state index contributed by atoms with van der Waals surface area (Å²) in [5, 5.41) is 0. The van der Waals surface area contributed by atoms with Gasteiger partial charge < -0.3 is 9.47 Å². The van der Waals surface area contributed by atoms with Crippen molar-refractivity contribution in [3.05, 3.63) is 28.0 Å². The summed E-state index contributed by atoms with van der Waals surface area (Å²) in [6.45, 7) is 11.6. The standard InChI is InChI=1S/C17H23BrFNO4/c1-10-8-11(18)13(12(19)9-10)20(14(21)23-16(2,3)4)15(22)24-17(5,6)7/h8-9H,1-7H3. The molecule has 0 saturated heterocycles. The molecule has 0 radical (unpaired) electrons. The van der Waals surface area contributed by atoms with Gasteiger partial charge in [0, 0.05) is 4.47 Å². The smallest absolute Gasteiger partial charge is 0.424 e. The van der Waals surface area contributed by atoms with Gasteiger partial charge in [0.05, 0.1) is 0 Å². The highest BCUT2D eigenvalue weighted by atomic mass is 79.9. The van der Waals surface area contributed by atoms with E-state index in [1.807, 2.05) is 0 Å². The Morgan fingerprint density at radius 3 is 1.75 bits per heavy atom. The molecule has 1 aromatic rings. The Hall–Kier alpha value is -1.63. The van der Waals surface area contributed by atoms with Crippen LogP contribution < -0.4 is 4.90 Å². The largest absolute Gasteiger partial charge is 0.443 e. The van der Waals surface area contributed by atoms with Gasteiger partial charge in [-0.3, -0.25) is 0 Å². The molecule has 0 spiro atoms. The lowest BCUT2D eigenvalue weighted by Gasteiger charge is -2.29. The van der Waals surface area contributed by atoms with Crippen molar-refractivity contribution in [1.82, 2.24) is 0 Å². The number of carbonyl (C=O) groups is 2. The minimum Gasteiger partial charge on any atom is -0.443 e. The van der Waals surface area contributed by atoms with Crippen LogP contribution in [0.4, 0.5) is 19.7 Å². The van der Waals surface area contributed by atoms with E-state index in [0.29, 0.717) is 10.5 Å². The van der Waals surface area contributed by atoms with Crippen LogP contribution in [0.5, 0.6) is 0 Å². The molecule has 0 aromatic heterocycles. The molecule has 1 rings (SSSR count). The first-order chi connectivity index (χ1) is 10.7. The van der Waals surface area contributed by atoms with Crippen LogP contribution in [-0.2, 0) is 9.47 Å². The van der Waals surface area contributed by atoms with Gasteiger partial charge in [-0.25, -0.2) is 14.0 Å². The van der Waals surface area contributed by atoms with Crippen molar-refractivity contribution in [2.24, 2.45) is 0 Å². The molecular weight excluding hydrogens is 381 g/mol. The normalized spacial score (nSPS) is 11.9. The molecule has 0 atom stereocenters. The first kappa shape index (κ1) is 20.4. The van der Waals surface area contributed by atoms with Gasteiger partial charge >= 0.3 is 12.2 Å². The summed E-state index contributed by atoms with van der Waals surface area (Å²) in [5.41, 5.74) is -1.32. The molecule has 0 unspecified atom stereocenters. The predicted molar refractivity (Wildman–Crippen MR) is 93.8 cm³/mol. The second-order valence-corrected chi connectivity index (χ2v) is 8.23. The van der Waals surface area contributed by atoms with Crippen LogP contribution in [0.25, 0.3) is 0 Å². The van der Waals surface area contributed by atoms with Gasteiger partial charge in [0.1, 0.15) is 22.7 Å². The van der Waals surface area contributed by atoms with Crippen molar-refractivity contribution in [1.29, 1.82) is 0 Å². The summed E-state index contributed by atoms with van der Waals surface area (Å²) in [7, 11) is 0. The van der Waals surface area contributed by atoms with E-state index in [2.05, 4.69) is 15.9 Å². The van der Waals surface area contributed by atoms with Gasteiger partial charge in [0.2, 0.25) is 0 Å². The molecule has 0 heterocycles. The maximum atomic E-state index is 14.5. The number of anilines is 1. The van der Waals surface area contributed by atoms with Crippen molar-refractivity contribution >= 4 is 33.8 Å². The lowest BCUT2D eigenvalue weighted by atomic mass is 10.2. The number of hydrogen-bond donors (Lipinski definition) is 0. The zero-order valence-corrected chi connectivity index (χ0v) is 16.6. The summed E-state index contributed by atoms with van der Waals surface area (Å²) in [5.74, 6) is -0.737. The maximum Gasteiger partial charge on any atom is 0.424 e. The molecule has 1 aromatic carbocycles. The summed E-state index contributed by atoms with van der Waals surface area (Å²) in [4.78, 5) is 25.5. The zero-order valence-electron chi connectivity index (χ0n) is 15.0. The summed E-state index contributed by atoms with van der Waals surface area (Å²) in [6, 6.07) is 2.82. The number of carbonyl (C=O) groups excluding carboxylic acids is 2. The fourth-order valence-corrected chi connectivity index (χ4v) is 2.51. The second kappa shape index (κ2) is 7.09. The molecule has 7 heteroatoms. The third-order valence-electron chi connectivity index (χ3n) is 2.54. The molecule has 0 aliphatic rings. The Labute approximate surface area is 150 Å². The average molecular weight is 404 g/mol. The molecule has 0 saturated carbocycles. The Balaban J connectivity index is 3.39. The molecule has 0 aliphatic carbocycles. The van der Waals surface area contributed by atoms with E-state index in [-0.39, 0.29) is 10.2 Å². The number of amides is 2. The molecule has 134 valence electrons. The zero-order chi connectivity index (χ0) is 18.9. The van der Waals surface area contributed by atoms with Crippen molar-refractivity contribution < 1.29 is 23.5 Å². The quantitative estimate of drug-likeness (QED) is 0.614. The van der Waals surface area contributed by atoms with Gasteiger partial charge in [-0.05, 0) is 82.1 Å². The van der Waals surface area contributed by atoms with Crippen LogP contribution in [0.15, 0.2) is 16.6 Å². The van der Waals surface area contributed by atoms with Gasteiger partial charge in [0.15, 0.2) is 0 Å². The van der Waals surface area contributed by atoms with Crippen LogP contribution in [0.3, 0.4) is 0 Å². The van der Waals surface area contributed by atoms with E-state index < -0.39 is 29.2 Å². The number of nitrogens with zero attached hydrogens (tertiary/aromatic N) is 1. The number of halogens is 2. The average Bonchev–Trinajstić information content (AvgIpc) is 2.28. The van der Waals surface area contributed by atoms with E-state index in [4.69, 9.17) is 9.47 Å². The molecule has 5 nitrogen and oxygen atoms in total. The van der Waals surface area contributed by atoms with E-state index in [1.165, 1.54) is 6.07 Å². The fourth-order valence-electron chi connectivity index (χ4n) is 1.78. The Kier molecular flexibility index (Phi) is 6.03. The Morgan fingerprint density at radius 2 is 1.42 bits per heavy atom. The molecule has 0 aliphatic heterocycles. The molecule has 24 heavy (non-hydrogen) atoms. The van der Waals surface area contributed by atoms with Crippen molar-refractivity contribution in [2.45, 2.75) is 59.7 Å². The van der Waals surface area contributed by atoms with Gasteiger partial charge in [-0.2, -0.15) is 4.90 Å². The maximum absolute atomic E-state index is 14.5. The lowest BCUT2D eigenvalue weighted by Crippen LogP contribution is -2.44. The van der Waals surface area contributed by atoms with Crippen LogP contribution in [0.1, 0.15) is 47.1 Å². The summed E-state index contributed by atoms with van der Waals surface area (Å²) >= 11 is 3.20. The van der Waals surface area contributed by atoms with E-state index >= 15 is 0 Å². The SMILES string of the molecule is Cc1cc(F)c(N(C(=O)OC(C)(C)C)C(=O)OC(C)(C)C)c(Br)c1. The highest BCUT2D eigenvalue weighted by Crippen LogP contribution is 2.33. The number of benzene rings is 1. The van der Waals surface area contributed by atoms with Crippen molar-refractivity contribution in [2.75, 3.05) is 4.90 Å².